The number of esters is 1. The summed E-state index contributed by atoms with van der Waals surface area (Å²) < 4.78 is 27.2. The number of carbonyl (C=O) groups is 2. The maximum atomic E-state index is 12.4. The zero-order valence-corrected chi connectivity index (χ0v) is 16.7. The molecule has 2 aromatic carbocycles. The van der Waals surface area contributed by atoms with Gasteiger partial charge in [-0.3, -0.25) is 4.79 Å². The molecule has 2 heterocycles. The monoisotopic (exact) mass is 411 g/mol. The first-order chi connectivity index (χ1) is 14.5. The summed E-state index contributed by atoms with van der Waals surface area (Å²) in [4.78, 5) is 24.6. The van der Waals surface area contributed by atoms with Crippen LogP contribution in [-0.4, -0.2) is 38.3 Å². The fourth-order valence-corrected chi connectivity index (χ4v) is 3.17. The van der Waals surface area contributed by atoms with Crippen molar-refractivity contribution in [2.45, 2.75) is 13.8 Å². The third kappa shape index (κ3) is 4.03. The van der Waals surface area contributed by atoms with E-state index in [9.17, 15) is 9.59 Å². The molecule has 0 saturated heterocycles. The smallest absolute Gasteiger partial charge is 0.375 e. The topological polar surface area (TPSA) is 96.2 Å². The highest BCUT2D eigenvalue weighted by Crippen LogP contribution is 2.32. The van der Waals surface area contributed by atoms with Gasteiger partial charge >= 0.3 is 5.97 Å². The van der Waals surface area contributed by atoms with E-state index in [0.29, 0.717) is 53.9 Å². The summed E-state index contributed by atoms with van der Waals surface area (Å²) in [6, 6.07) is 10.4. The van der Waals surface area contributed by atoms with E-state index in [1.54, 1.807) is 37.3 Å². The Hall–Kier alpha value is -3.68. The van der Waals surface area contributed by atoms with E-state index in [2.05, 4.69) is 5.32 Å². The van der Waals surface area contributed by atoms with Gasteiger partial charge in [-0.15, -0.1) is 0 Å². The fourth-order valence-electron chi connectivity index (χ4n) is 3.17. The van der Waals surface area contributed by atoms with Crippen molar-refractivity contribution in [3.63, 3.8) is 0 Å². The minimum Gasteiger partial charge on any atom is -0.494 e. The maximum Gasteiger partial charge on any atom is 0.375 e. The Kier molecular flexibility index (Phi) is 5.47. The maximum absolute atomic E-state index is 12.4. The van der Waals surface area contributed by atoms with E-state index < -0.39 is 18.5 Å². The summed E-state index contributed by atoms with van der Waals surface area (Å²) in [6.07, 6.45) is 0. The molecule has 8 nitrogen and oxygen atoms in total. The molecule has 0 saturated carbocycles. The lowest BCUT2D eigenvalue weighted by Gasteiger charge is -2.18. The molecule has 1 aliphatic rings. The second-order valence-electron chi connectivity index (χ2n) is 6.63. The van der Waals surface area contributed by atoms with Gasteiger partial charge in [-0.1, -0.05) is 0 Å². The van der Waals surface area contributed by atoms with Crippen LogP contribution < -0.4 is 19.5 Å². The quantitative estimate of drug-likeness (QED) is 0.618. The summed E-state index contributed by atoms with van der Waals surface area (Å²) >= 11 is 0. The molecule has 1 aromatic heterocycles. The van der Waals surface area contributed by atoms with Crippen LogP contribution in [0.25, 0.3) is 11.0 Å². The fraction of sp³-hybridized carbons (Fsp3) is 0.273. The number of hydrogen-bond acceptors (Lipinski definition) is 7. The minimum absolute atomic E-state index is 0.0609. The number of anilines is 1. The van der Waals surface area contributed by atoms with Crippen molar-refractivity contribution in [1.29, 1.82) is 0 Å². The highest BCUT2D eigenvalue weighted by Gasteiger charge is 2.21. The van der Waals surface area contributed by atoms with Gasteiger partial charge in [-0.2, -0.15) is 0 Å². The Balaban J connectivity index is 1.39. The van der Waals surface area contributed by atoms with Crippen LogP contribution in [0.15, 0.2) is 40.8 Å². The molecule has 0 aliphatic carbocycles. The van der Waals surface area contributed by atoms with E-state index in [-0.39, 0.29) is 5.76 Å². The number of nitrogens with one attached hydrogen (secondary N) is 1. The van der Waals surface area contributed by atoms with Crippen molar-refractivity contribution in [3.05, 3.63) is 47.7 Å². The van der Waals surface area contributed by atoms with Crippen molar-refractivity contribution < 1.29 is 33.0 Å². The lowest BCUT2D eigenvalue weighted by atomic mass is 10.1. The number of hydrogen-bond donors (Lipinski definition) is 1. The van der Waals surface area contributed by atoms with Crippen LogP contribution in [0.3, 0.4) is 0 Å². The zero-order chi connectivity index (χ0) is 21.1. The molecule has 0 radical (unpaired) electrons. The van der Waals surface area contributed by atoms with Gasteiger partial charge in [0.05, 0.1) is 6.61 Å². The SMILES string of the molecule is CCOc1ccc2oc(C(=O)OCC(=O)Nc3ccc4c(c3)OCCO4)c(C)c2c1. The van der Waals surface area contributed by atoms with Gasteiger partial charge in [-0.05, 0) is 44.2 Å². The minimum atomic E-state index is -0.709. The molecule has 1 aliphatic heterocycles. The van der Waals surface area contributed by atoms with Gasteiger partial charge in [-0.25, -0.2) is 4.79 Å². The third-order valence-corrected chi connectivity index (χ3v) is 4.56. The van der Waals surface area contributed by atoms with Crippen molar-refractivity contribution in [3.8, 4) is 17.2 Å². The van der Waals surface area contributed by atoms with Gasteiger partial charge < -0.3 is 28.7 Å². The molecule has 156 valence electrons. The molecule has 0 spiro atoms. The molecule has 8 heteroatoms. The van der Waals surface area contributed by atoms with Crippen LogP contribution in [0, 0.1) is 6.92 Å². The third-order valence-electron chi connectivity index (χ3n) is 4.56. The predicted octanol–water partition coefficient (Wildman–Crippen LogP) is 3.71. The standard InChI is InChI=1S/C22H21NO7/c1-3-26-15-5-7-17-16(11-15)13(2)21(30-17)22(25)29-12-20(24)23-14-4-6-18-19(10-14)28-9-8-27-18/h4-7,10-11H,3,8-9,12H2,1-2H3,(H,23,24). The predicted molar refractivity (Wildman–Crippen MR) is 108 cm³/mol. The number of furan rings is 1. The van der Waals surface area contributed by atoms with E-state index >= 15 is 0 Å². The Labute approximate surface area is 172 Å². The number of amides is 1. The number of rotatable bonds is 6. The number of aryl methyl sites for hydroxylation is 1. The van der Waals surface area contributed by atoms with Gasteiger partial charge in [0.2, 0.25) is 5.76 Å². The molecule has 4 rings (SSSR count). The molecule has 0 bridgehead atoms. The molecular weight excluding hydrogens is 390 g/mol. The summed E-state index contributed by atoms with van der Waals surface area (Å²) in [7, 11) is 0. The van der Waals surface area contributed by atoms with Crippen molar-refractivity contribution in [1.82, 2.24) is 0 Å². The Morgan fingerprint density at radius 2 is 1.87 bits per heavy atom. The summed E-state index contributed by atoms with van der Waals surface area (Å²) in [5, 5.41) is 3.42. The first-order valence-electron chi connectivity index (χ1n) is 9.57. The van der Waals surface area contributed by atoms with Gasteiger partial charge in [0, 0.05) is 22.7 Å². The first kappa shape index (κ1) is 19.6. The second-order valence-corrected chi connectivity index (χ2v) is 6.63. The van der Waals surface area contributed by atoms with Gasteiger partial charge in [0.1, 0.15) is 24.5 Å². The van der Waals surface area contributed by atoms with Crippen LogP contribution in [0.4, 0.5) is 5.69 Å². The van der Waals surface area contributed by atoms with Crippen molar-refractivity contribution in [2.24, 2.45) is 0 Å². The van der Waals surface area contributed by atoms with E-state index in [4.69, 9.17) is 23.4 Å². The Morgan fingerprint density at radius 1 is 1.07 bits per heavy atom. The second kappa shape index (κ2) is 8.36. The average Bonchev–Trinajstić information content (AvgIpc) is 3.08. The zero-order valence-electron chi connectivity index (χ0n) is 16.7. The Morgan fingerprint density at radius 3 is 2.67 bits per heavy atom. The van der Waals surface area contributed by atoms with Crippen LogP contribution >= 0.6 is 0 Å². The molecule has 30 heavy (non-hydrogen) atoms. The Bertz CT molecular complexity index is 1100. The number of ether oxygens (including phenoxy) is 4. The average molecular weight is 411 g/mol. The summed E-state index contributed by atoms with van der Waals surface area (Å²) in [5.74, 6) is 0.740. The van der Waals surface area contributed by atoms with E-state index in [0.717, 1.165) is 5.39 Å². The van der Waals surface area contributed by atoms with Crippen LogP contribution in [0.1, 0.15) is 23.0 Å². The molecule has 0 atom stereocenters. The van der Waals surface area contributed by atoms with Crippen molar-refractivity contribution >= 4 is 28.5 Å². The van der Waals surface area contributed by atoms with E-state index in [1.165, 1.54) is 0 Å². The molecule has 3 aromatic rings. The molecule has 0 fully saturated rings. The van der Waals surface area contributed by atoms with E-state index in [1.807, 2.05) is 13.0 Å². The van der Waals surface area contributed by atoms with Crippen LogP contribution in [-0.2, 0) is 9.53 Å². The molecule has 0 unspecified atom stereocenters. The summed E-state index contributed by atoms with van der Waals surface area (Å²) in [6.45, 7) is 4.68. The van der Waals surface area contributed by atoms with Crippen molar-refractivity contribution in [2.75, 3.05) is 31.7 Å². The molecule has 1 amide bonds. The highest BCUT2D eigenvalue weighted by atomic mass is 16.6. The highest BCUT2D eigenvalue weighted by molar-refractivity contribution is 5.98. The number of carbonyl (C=O) groups excluding carboxylic acids is 2. The van der Waals surface area contributed by atoms with Crippen LogP contribution in [0.5, 0.6) is 17.2 Å². The summed E-state index contributed by atoms with van der Waals surface area (Å²) in [5.41, 5.74) is 1.69. The molecular formula is C22H21NO7. The van der Waals surface area contributed by atoms with Gasteiger partial charge in [0.15, 0.2) is 18.1 Å². The lowest BCUT2D eigenvalue weighted by Crippen LogP contribution is -2.21. The normalized spacial score (nSPS) is 12.5. The molecule has 1 N–H and O–H groups in total. The largest absolute Gasteiger partial charge is 0.494 e. The first-order valence-corrected chi connectivity index (χ1v) is 9.57. The van der Waals surface area contributed by atoms with Crippen LogP contribution in [0.2, 0.25) is 0 Å². The van der Waals surface area contributed by atoms with Gasteiger partial charge in [0.25, 0.3) is 5.91 Å². The number of fused-ring (bicyclic) bond motifs is 2. The number of benzene rings is 2. The lowest BCUT2D eigenvalue weighted by molar-refractivity contribution is -0.119.